The van der Waals surface area contributed by atoms with Crippen molar-refractivity contribution in [3.05, 3.63) is 24.4 Å². The monoisotopic (exact) mass is 331 g/mol. The Morgan fingerprint density at radius 1 is 1.41 bits per heavy atom. The number of unbranched alkanes of at least 4 members (excludes halogenated alkanes) is 1. The molecule has 0 saturated heterocycles. The minimum Gasteiger partial charge on any atom is -0.465 e. The van der Waals surface area contributed by atoms with Crippen LogP contribution in [0.5, 0.6) is 0 Å². The van der Waals surface area contributed by atoms with E-state index in [0.29, 0.717) is 6.42 Å². The largest absolute Gasteiger partial charge is 0.465 e. The fraction of sp³-hybridized carbons (Fsp3) is 0.538. The first kappa shape index (κ1) is 18.3. The summed E-state index contributed by atoms with van der Waals surface area (Å²) in [6.07, 6.45) is 0.907. The highest BCUT2D eigenvalue weighted by Crippen LogP contribution is 2.07. The molecule has 0 aliphatic rings. The molecule has 0 aliphatic carbocycles. The molecule has 8 nitrogen and oxygen atoms in total. The van der Waals surface area contributed by atoms with E-state index in [1.807, 2.05) is 6.92 Å². The predicted octanol–water partition coefficient (Wildman–Crippen LogP) is 0.547. The average molecular weight is 331 g/mol. The third-order valence-corrected chi connectivity index (χ3v) is 4.38. The van der Waals surface area contributed by atoms with Crippen LogP contribution in [0.4, 0.5) is 4.79 Å². The fourth-order valence-corrected chi connectivity index (χ4v) is 2.86. The van der Waals surface area contributed by atoms with E-state index in [0.717, 1.165) is 12.8 Å². The molecule has 0 bridgehead atoms. The van der Waals surface area contributed by atoms with Crippen molar-refractivity contribution in [3.63, 3.8) is 0 Å². The number of aromatic nitrogens is 1. The lowest BCUT2D eigenvalue weighted by atomic mass is 10.0. The summed E-state index contributed by atoms with van der Waals surface area (Å²) in [5.41, 5.74) is 0. The molecule has 4 N–H and O–H groups in total. The molecule has 1 rings (SSSR count). The Hall–Kier alpha value is -1.71. The van der Waals surface area contributed by atoms with Crippen LogP contribution in [0.2, 0.25) is 0 Å². The Morgan fingerprint density at radius 2 is 2.14 bits per heavy atom. The lowest BCUT2D eigenvalue weighted by molar-refractivity contribution is 0.117. The second-order valence-electron chi connectivity index (χ2n) is 4.79. The predicted molar refractivity (Wildman–Crippen MR) is 79.9 cm³/mol. The van der Waals surface area contributed by atoms with Crippen LogP contribution in [0.15, 0.2) is 29.4 Å². The molecule has 1 amide bonds. The smallest absolute Gasteiger partial charge is 0.404 e. The van der Waals surface area contributed by atoms with Crippen molar-refractivity contribution < 1.29 is 23.4 Å². The van der Waals surface area contributed by atoms with Gasteiger partial charge in [-0.05, 0) is 18.6 Å². The summed E-state index contributed by atoms with van der Waals surface area (Å²) >= 11 is 0. The van der Waals surface area contributed by atoms with Crippen molar-refractivity contribution in [1.82, 2.24) is 15.0 Å². The number of carboxylic acid groups (broad SMARTS) is 1. The zero-order valence-electron chi connectivity index (χ0n) is 12.3. The zero-order chi connectivity index (χ0) is 16.6. The van der Waals surface area contributed by atoms with Crippen LogP contribution in [0.3, 0.4) is 0 Å². The lowest BCUT2D eigenvalue weighted by Crippen LogP contribution is -2.48. The van der Waals surface area contributed by atoms with Gasteiger partial charge in [0.1, 0.15) is 0 Å². The quantitative estimate of drug-likeness (QED) is 0.523. The topological polar surface area (TPSA) is 129 Å². The number of carbonyl (C=O) groups is 1. The molecule has 0 aromatic carbocycles. The first-order chi connectivity index (χ1) is 10.4. The SMILES string of the molecule is CCCC[C@H](NC(=O)O)C(O)CNS(=O)(=O)c1ccccn1. The molecule has 1 aromatic rings. The molecule has 0 fully saturated rings. The number of amides is 1. The maximum atomic E-state index is 12.0. The number of nitrogens with one attached hydrogen (secondary N) is 2. The molecular formula is C13H21N3O5S. The highest BCUT2D eigenvalue weighted by Gasteiger charge is 2.23. The van der Waals surface area contributed by atoms with Gasteiger partial charge in [-0.25, -0.2) is 22.9 Å². The highest BCUT2D eigenvalue weighted by molar-refractivity contribution is 7.89. The number of pyridine rings is 1. The third kappa shape index (κ3) is 5.96. The standard InChI is InChI=1S/C13H21N3O5S/c1-2-3-6-10(16-13(18)19)11(17)9-15-22(20,21)12-7-4-5-8-14-12/h4-5,7-8,10-11,15-17H,2-3,6,9H2,1H3,(H,18,19)/t10-,11?/m0/s1. The van der Waals surface area contributed by atoms with E-state index in [-0.39, 0.29) is 11.6 Å². The van der Waals surface area contributed by atoms with E-state index in [2.05, 4.69) is 15.0 Å². The number of aliphatic hydroxyl groups is 1. The van der Waals surface area contributed by atoms with E-state index in [4.69, 9.17) is 5.11 Å². The molecule has 1 heterocycles. The first-order valence-corrected chi connectivity index (χ1v) is 8.43. The summed E-state index contributed by atoms with van der Waals surface area (Å²) in [6, 6.07) is 3.72. The van der Waals surface area contributed by atoms with E-state index in [1.54, 1.807) is 6.07 Å². The Balaban J connectivity index is 2.65. The first-order valence-electron chi connectivity index (χ1n) is 6.95. The van der Waals surface area contributed by atoms with Crippen LogP contribution in [0.25, 0.3) is 0 Å². The van der Waals surface area contributed by atoms with E-state index in [1.165, 1.54) is 18.3 Å². The van der Waals surface area contributed by atoms with E-state index in [9.17, 15) is 18.3 Å². The van der Waals surface area contributed by atoms with Crippen molar-refractivity contribution in [3.8, 4) is 0 Å². The molecule has 0 radical (unpaired) electrons. The van der Waals surface area contributed by atoms with Gasteiger partial charge in [-0.1, -0.05) is 25.8 Å². The van der Waals surface area contributed by atoms with E-state index < -0.39 is 28.3 Å². The average Bonchev–Trinajstić information content (AvgIpc) is 2.49. The molecule has 1 unspecified atom stereocenters. The maximum Gasteiger partial charge on any atom is 0.404 e. The summed E-state index contributed by atoms with van der Waals surface area (Å²) < 4.78 is 26.2. The van der Waals surface area contributed by atoms with Crippen LogP contribution < -0.4 is 10.0 Å². The van der Waals surface area contributed by atoms with Crippen LogP contribution in [-0.2, 0) is 10.0 Å². The van der Waals surface area contributed by atoms with Crippen LogP contribution in [-0.4, -0.2) is 48.4 Å². The lowest BCUT2D eigenvalue weighted by Gasteiger charge is -2.23. The van der Waals surface area contributed by atoms with Crippen molar-refractivity contribution in [2.24, 2.45) is 0 Å². The van der Waals surface area contributed by atoms with Gasteiger partial charge in [-0.15, -0.1) is 0 Å². The molecule has 0 aliphatic heterocycles. The van der Waals surface area contributed by atoms with Crippen LogP contribution in [0.1, 0.15) is 26.2 Å². The maximum absolute atomic E-state index is 12.0. The number of sulfonamides is 1. The molecule has 0 saturated carbocycles. The number of hydrogen-bond acceptors (Lipinski definition) is 5. The summed E-state index contributed by atoms with van der Waals surface area (Å²) in [7, 11) is -3.83. The molecule has 1 aromatic heterocycles. The number of nitrogens with zero attached hydrogens (tertiary/aromatic N) is 1. The second-order valence-corrected chi connectivity index (χ2v) is 6.50. The van der Waals surface area contributed by atoms with Crippen molar-refractivity contribution in [1.29, 1.82) is 0 Å². The third-order valence-electron chi connectivity index (χ3n) is 3.04. The van der Waals surface area contributed by atoms with Crippen molar-refractivity contribution in [2.75, 3.05) is 6.54 Å². The van der Waals surface area contributed by atoms with Gasteiger partial charge in [-0.2, -0.15) is 0 Å². The van der Waals surface area contributed by atoms with Gasteiger partial charge in [-0.3, -0.25) is 0 Å². The number of hydrogen-bond donors (Lipinski definition) is 4. The van der Waals surface area contributed by atoms with Gasteiger partial charge < -0.3 is 15.5 Å². The van der Waals surface area contributed by atoms with Crippen LogP contribution in [0, 0.1) is 0 Å². The molecule has 0 spiro atoms. The van der Waals surface area contributed by atoms with Gasteiger partial charge in [0.2, 0.25) is 0 Å². The Labute approximate surface area is 129 Å². The summed E-state index contributed by atoms with van der Waals surface area (Å²) in [6.45, 7) is 1.64. The summed E-state index contributed by atoms with van der Waals surface area (Å²) in [5.74, 6) is 0. The zero-order valence-corrected chi connectivity index (χ0v) is 13.1. The molecule has 22 heavy (non-hydrogen) atoms. The van der Waals surface area contributed by atoms with Gasteiger partial charge in [0.25, 0.3) is 10.0 Å². The van der Waals surface area contributed by atoms with Gasteiger partial charge in [0, 0.05) is 12.7 Å². The van der Waals surface area contributed by atoms with Crippen molar-refractivity contribution >= 4 is 16.1 Å². The molecule has 124 valence electrons. The number of aliphatic hydroxyl groups excluding tert-OH is 1. The second kappa shape index (κ2) is 8.66. The minimum absolute atomic E-state index is 0.154. The molecule has 2 atom stereocenters. The Bertz CT molecular complexity index is 564. The van der Waals surface area contributed by atoms with E-state index >= 15 is 0 Å². The normalized spacial score (nSPS) is 14.3. The Morgan fingerprint density at radius 3 is 2.68 bits per heavy atom. The van der Waals surface area contributed by atoms with Gasteiger partial charge in [0.15, 0.2) is 5.03 Å². The fourth-order valence-electron chi connectivity index (χ4n) is 1.86. The minimum atomic E-state index is -3.83. The van der Waals surface area contributed by atoms with Crippen LogP contribution >= 0.6 is 0 Å². The summed E-state index contributed by atoms with van der Waals surface area (Å²) in [5, 5.41) is 20.8. The molecular weight excluding hydrogens is 310 g/mol. The summed E-state index contributed by atoms with van der Waals surface area (Å²) in [4.78, 5) is 14.5. The van der Waals surface area contributed by atoms with Crippen molar-refractivity contribution in [2.45, 2.75) is 43.4 Å². The molecule has 9 heteroatoms. The number of rotatable bonds is 9. The van der Waals surface area contributed by atoms with Gasteiger partial charge in [0.05, 0.1) is 12.1 Å². The Kier molecular flexibility index (Phi) is 7.22. The highest BCUT2D eigenvalue weighted by atomic mass is 32.2. The van der Waals surface area contributed by atoms with Gasteiger partial charge >= 0.3 is 6.09 Å².